The number of hydrogen-bond donors (Lipinski definition) is 1. The smallest absolute Gasteiger partial charge is 0.199 e. The van der Waals surface area contributed by atoms with E-state index in [0.29, 0.717) is 4.77 Å². The highest BCUT2D eigenvalue weighted by molar-refractivity contribution is 7.71. The van der Waals surface area contributed by atoms with Gasteiger partial charge in [0.25, 0.3) is 0 Å². The van der Waals surface area contributed by atoms with E-state index < -0.39 is 0 Å². The average Bonchev–Trinajstić information content (AvgIpc) is 2.91. The normalized spacial score (nSPS) is 11.5. The van der Waals surface area contributed by atoms with Crippen molar-refractivity contribution in [3.8, 4) is 5.69 Å². The SMILES string of the molecule is CC(C)(c1ccccc1)c1n[nH]c(=S)n1-c1ccccc1. The maximum absolute atomic E-state index is 5.42. The third-order valence-corrected chi connectivity index (χ3v) is 4.02. The van der Waals surface area contributed by atoms with Crippen molar-refractivity contribution in [1.82, 2.24) is 14.8 Å². The molecule has 0 amide bonds. The van der Waals surface area contributed by atoms with Gasteiger partial charge in [0.2, 0.25) is 0 Å². The van der Waals surface area contributed by atoms with Gasteiger partial charge in [-0.3, -0.25) is 9.67 Å². The van der Waals surface area contributed by atoms with Crippen LogP contribution in [0.4, 0.5) is 0 Å². The Hall–Kier alpha value is -2.20. The molecule has 0 saturated carbocycles. The zero-order chi connectivity index (χ0) is 14.9. The molecule has 3 aromatic rings. The van der Waals surface area contributed by atoms with E-state index in [4.69, 9.17) is 12.2 Å². The first-order valence-corrected chi connectivity index (χ1v) is 7.30. The maximum Gasteiger partial charge on any atom is 0.199 e. The molecule has 21 heavy (non-hydrogen) atoms. The van der Waals surface area contributed by atoms with Gasteiger partial charge in [0.1, 0.15) is 5.82 Å². The van der Waals surface area contributed by atoms with Crippen molar-refractivity contribution in [2.24, 2.45) is 0 Å². The second-order valence-corrected chi connectivity index (χ2v) is 5.90. The van der Waals surface area contributed by atoms with Crippen LogP contribution in [0.3, 0.4) is 0 Å². The molecule has 0 aliphatic carbocycles. The van der Waals surface area contributed by atoms with E-state index in [1.54, 1.807) is 0 Å². The van der Waals surface area contributed by atoms with Gasteiger partial charge in [-0.2, -0.15) is 5.10 Å². The van der Waals surface area contributed by atoms with E-state index in [9.17, 15) is 0 Å². The predicted molar refractivity (Wildman–Crippen MR) is 87.3 cm³/mol. The number of nitrogens with zero attached hydrogens (tertiary/aromatic N) is 2. The minimum Gasteiger partial charge on any atom is -0.271 e. The first kappa shape index (κ1) is 13.8. The largest absolute Gasteiger partial charge is 0.271 e. The van der Waals surface area contributed by atoms with Crippen molar-refractivity contribution in [1.29, 1.82) is 0 Å². The number of nitrogens with one attached hydrogen (secondary N) is 1. The molecule has 4 heteroatoms. The van der Waals surface area contributed by atoms with E-state index in [2.05, 4.69) is 36.2 Å². The molecule has 1 aromatic heterocycles. The molecule has 0 saturated heterocycles. The Morgan fingerprint density at radius 1 is 0.952 bits per heavy atom. The molecule has 1 N–H and O–H groups in total. The van der Waals surface area contributed by atoms with Crippen LogP contribution < -0.4 is 0 Å². The summed E-state index contributed by atoms with van der Waals surface area (Å²) in [5.41, 5.74) is 1.98. The zero-order valence-corrected chi connectivity index (χ0v) is 12.9. The van der Waals surface area contributed by atoms with E-state index in [1.807, 2.05) is 53.1 Å². The Morgan fingerprint density at radius 2 is 1.52 bits per heavy atom. The van der Waals surface area contributed by atoms with Crippen LogP contribution in [0.25, 0.3) is 5.69 Å². The van der Waals surface area contributed by atoms with Crippen molar-refractivity contribution in [2.75, 3.05) is 0 Å². The fraction of sp³-hybridized carbons (Fsp3) is 0.176. The summed E-state index contributed by atoms with van der Waals surface area (Å²) >= 11 is 5.42. The minimum absolute atomic E-state index is 0.245. The van der Waals surface area contributed by atoms with Gasteiger partial charge in [0, 0.05) is 5.69 Å². The zero-order valence-electron chi connectivity index (χ0n) is 12.1. The number of aromatic amines is 1. The maximum atomic E-state index is 5.42. The second kappa shape index (κ2) is 5.30. The summed E-state index contributed by atoms with van der Waals surface area (Å²) in [6.45, 7) is 4.32. The van der Waals surface area contributed by atoms with E-state index >= 15 is 0 Å². The Balaban J connectivity index is 2.19. The van der Waals surface area contributed by atoms with Gasteiger partial charge in [-0.15, -0.1) is 0 Å². The molecule has 1 heterocycles. The van der Waals surface area contributed by atoms with Gasteiger partial charge in [-0.05, 0) is 43.8 Å². The molecule has 2 aromatic carbocycles. The molecule has 0 aliphatic rings. The highest BCUT2D eigenvalue weighted by atomic mass is 32.1. The van der Waals surface area contributed by atoms with Crippen LogP contribution >= 0.6 is 12.2 Å². The molecule has 0 bridgehead atoms. The molecule has 3 rings (SSSR count). The summed E-state index contributed by atoms with van der Waals surface area (Å²) in [7, 11) is 0. The molecule has 0 aliphatic heterocycles. The van der Waals surface area contributed by atoms with Gasteiger partial charge >= 0.3 is 0 Å². The number of hydrogen-bond acceptors (Lipinski definition) is 2. The van der Waals surface area contributed by atoms with Gasteiger partial charge < -0.3 is 0 Å². The van der Waals surface area contributed by atoms with Crippen molar-refractivity contribution < 1.29 is 0 Å². The number of H-pyrrole nitrogens is 1. The Morgan fingerprint density at radius 3 is 2.14 bits per heavy atom. The molecule has 0 atom stereocenters. The van der Waals surface area contributed by atoms with E-state index in [0.717, 1.165) is 11.5 Å². The fourth-order valence-electron chi connectivity index (χ4n) is 2.52. The van der Waals surface area contributed by atoms with Crippen LogP contribution in [0.5, 0.6) is 0 Å². The molecule has 0 fully saturated rings. The lowest BCUT2D eigenvalue weighted by Gasteiger charge is -2.25. The van der Waals surface area contributed by atoms with Crippen molar-refractivity contribution >= 4 is 12.2 Å². The lowest BCUT2D eigenvalue weighted by Crippen LogP contribution is -2.24. The molecule has 0 unspecified atom stereocenters. The summed E-state index contributed by atoms with van der Waals surface area (Å²) in [6.07, 6.45) is 0. The van der Waals surface area contributed by atoms with E-state index in [-0.39, 0.29) is 5.41 Å². The third-order valence-electron chi connectivity index (χ3n) is 3.74. The summed E-state index contributed by atoms with van der Waals surface area (Å²) in [6, 6.07) is 20.4. The molecule has 0 spiro atoms. The van der Waals surface area contributed by atoms with Crippen LogP contribution in [0.1, 0.15) is 25.2 Å². The lowest BCUT2D eigenvalue weighted by molar-refractivity contribution is 0.575. The number of aromatic nitrogens is 3. The first-order chi connectivity index (χ1) is 10.1. The van der Waals surface area contributed by atoms with Crippen LogP contribution in [0.15, 0.2) is 60.7 Å². The highest BCUT2D eigenvalue weighted by Gasteiger charge is 2.29. The summed E-state index contributed by atoms with van der Waals surface area (Å²) < 4.78 is 2.61. The van der Waals surface area contributed by atoms with Crippen LogP contribution in [0.2, 0.25) is 0 Å². The predicted octanol–water partition coefficient (Wildman–Crippen LogP) is 4.26. The molecule has 0 radical (unpaired) electrons. The fourth-order valence-corrected chi connectivity index (χ4v) is 2.75. The van der Waals surface area contributed by atoms with Crippen LogP contribution in [-0.4, -0.2) is 14.8 Å². The first-order valence-electron chi connectivity index (χ1n) is 6.89. The van der Waals surface area contributed by atoms with Crippen LogP contribution in [0, 0.1) is 4.77 Å². The average molecular weight is 295 g/mol. The standard InChI is InChI=1S/C17H17N3S/c1-17(2,13-9-5-3-6-10-13)15-18-19-16(21)20(15)14-11-7-4-8-12-14/h3-12H,1-2H3,(H,19,21). The number of para-hydroxylation sites is 1. The second-order valence-electron chi connectivity index (χ2n) is 5.51. The van der Waals surface area contributed by atoms with Gasteiger partial charge in [-0.25, -0.2) is 0 Å². The summed E-state index contributed by atoms with van der Waals surface area (Å²) in [4.78, 5) is 0. The van der Waals surface area contributed by atoms with Crippen LogP contribution in [-0.2, 0) is 5.41 Å². The number of benzene rings is 2. The van der Waals surface area contributed by atoms with Crippen molar-refractivity contribution in [3.05, 3.63) is 76.8 Å². The number of rotatable bonds is 3. The monoisotopic (exact) mass is 295 g/mol. The topological polar surface area (TPSA) is 33.6 Å². The highest BCUT2D eigenvalue weighted by Crippen LogP contribution is 2.31. The third kappa shape index (κ3) is 2.43. The lowest BCUT2D eigenvalue weighted by atomic mass is 9.83. The van der Waals surface area contributed by atoms with Gasteiger partial charge in [-0.1, -0.05) is 48.5 Å². The molecule has 3 nitrogen and oxygen atoms in total. The Kier molecular flexibility index (Phi) is 3.47. The molecular weight excluding hydrogens is 278 g/mol. The quantitative estimate of drug-likeness (QED) is 0.733. The Bertz CT molecular complexity index is 786. The van der Waals surface area contributed by atoms with Crippen molar-refractivity contribution in [2.45, 2.75) is 19.3 Å². The summed E-state index contributed by atoms with van der Waals surface area (Å²) in [5.74, 6) is 0.907. The molecular formula is C17H17N3S. The summed E-state index contributed by atoms with van der Waals surface area (Å²) in [5, 5.41) is 7.41. The minimum atomic E-state index is -0.245. The van der Waals surface area contributed by atoms with E-state index in [1.165, 1.54) is 5.56 Å². The molecule has 106 valence electrons. The van der Waals surface area contributed by atoms with Crippen molar-refractivity contribution in [3.63, 3.8) is 0 Å². The van der Waals surface area contributed by atoms with Gasteiger partial charge in [0.05, 0.1) is 5.41 Å². The van der Waals surface area contributed by atoms with Gasteiger partial charge in [0.15, 0.2) is 4.77 Å². The Labute approximate surface area is 129 Å².